The number of halogens is 1. The van der Waals surface area contributed by atoms with Crippen molar-refractivity contribution in [1.82, 2.24) is 9.78 Å². The molecule has 0 aliphatic rings. The molecule has 1 aromatic heterocycles. The van der Waals surface area contributed by atoms with Gasteiger partial charge in [0, 0.05) is 18.8 Å². The number of aryl methyl sites for hydroxylation is 1. The smallest absolute Gasteiger partial charge is 0.255 e. The molecule has 0 saturated carbocycles. The SMILES string of the molecule is Cn1cc(NC(=O)c2ccc(C#CCN)c(F)c2)cn1. The van der Waals surface area contributed by atoms with E-state index in [4.69, 9.17) is 5.73 Å². The fourth-order valence-electron chi connectivity index (χ4n) is 1.59. The van der Waals surface area contributed by atoms with Crippen molar-refractivity contribution in [3.8, 4) is 11.8 Å². The minimum absolute atomic E-state index is 0.155. The van der Waals surface area contributed by atoms with Crippen molar-refractivity contribution in [1.29, 1.82) is 0 Å². The van der Waals surface area contributed by atoms with Crippen molar-refractivity contribution < 1.29 is 9.18 Å². The number of hydrogen-bond donors (Lipinski definition) is 2. The summed E-state index contributed by atoms with van der Waals surface area (Å²) in [5.74, 6) is 4.20. The van der Waals surface area contributed by atoms with E-state index in [1.165, 1.54) is 18.3 Å². The summed E-state index contributed by atoms with van der Waals surface area (Å²) in [6, 6.07) is 4.11. The van der Waals surface area contributed by atoms with Crippen LogP contribution in [-0.2, 0) is 7.05 Å². The number of hydrogen-bond acceptors (Lipinski definition) is 3. The van der Waals surface area contributed by atoms with Gasteiger partial charge in [-0.2, -0.15) is 5.10 Å². The Morgan fingerprint density at radius 3 is 2.95 bits per heavy atom. The first-order valence-electron chi connectivity index (χ1n) is 5.88. The zero-order chi connectivity index (χ0) is 14.5. The molecular weight excluding hydrogens is 259 g/mol. The molecule has 0 atom stereocenters. The molecule has 5 nitrogen and oxygen atoms in total. The van der Waals surface area contributed by atoms with Crippen LogP contribution in [0, 0.1) is 17.7 Å². The van der Waals surface area contributed by atoms with Crippen LogP contribution >= 0.6 is 0 Å². The molecule has 0 bridgehead atoms. The van der Waals surface area contributed by atoms with E-state index in [0.717, 1.165) is 6.07 Å². The first-order chi connectivity index (χ1) is 9.60. The number of carbonyl (C=O) groups is 1. The summed E-state index contributed by atoms with van der Waals surface area (Å²) in [5, 5.41) is 6.55. The summed E-state index contributed by atoms with van der Waals surface area (Å²) < 4.78 is 15.3. The van der Waals surface area contributed by atoms with E-state index in [0.29, 0.717) is 5.69 Å². The lowest BCUT2D eigenvalue weighted by Gasteiger charge is -2.03. The monoisotopic (exact) mass is 272 g/mol. The molecule has 0 radical (unpaired) electrons. The molecule has 0 saturated heterocycles. The minimum atomic E-state index is -0.551. The number of anilines is 1. The van der Waals surface area contributed by atoms with Gasteiger partial charge in [0.05, 0.1) is 24.0 Å². The molecule has 3 N–H and O–H groups in total. The van der Waals surface area contributed by atoms with Gasteiger partial charge in [-0.3, -0.25) is 9.48 Å². The van der Waals surface area contributed by atoms with Gasteiger partial charge in [-0.25, -0.2) is 4.39 Å². The van der Waals surface area contributed by atoms with E-state index >= 15 is 0 Å². The van der Waals surface area contributed by atoms with Gasteiger partial charge in [0.1, 0.15) is 5.82 Å². The third-order valence-electron chi connectivity index (χ3n) is 2.52. The summed E-state index contributed by atoms with van der Waals surface area (Å²) in [5.41, 5.74) is 6.20. The molecule has 6 heteroatoms. The topological polar surface area (TPSA) is 72.9 Å². The molecule has 1 heterocycles. The van der Waals surface area contributed by atoms with Crippen molar-refractivity contribution in [2.24, 2.45) is 12.8 Å². The second-order valence-electron chi connectivity index (χ2n) is 4.06. The number of nitrogens with zero attached hydrogens (tertiary/aromatic N) is 2. The number of benzene rings is 1. The molecule has 2 rings (SSSR count). The Morgan fingerprint density at radius 2 is 2.35 bits per heavy atom. The van der Waals surface area contributed by atoms with Crippen LogP contribution < -0.4 is 11.1 Å². The standard InChI is InChI=1S/C14H13FN4O/c1-19-9-12(8-17-19)18-14(20)11-5-4-10(3-2-6-16)13(15)7-11/h4-5,7-9H,6,16H2,1H3,(H,18,20). The van der Waals surface area contributed by atoms with E-state index < -0.39 is 11.7 Å². The second-order valence-corrected chi connectivity index (χ2v) is 4.06. The van der Waals surface area contributed by atoms with E-state index in [9.17, 15) is 9.18 Å². The molecule has 0 unspecified atom stereocenters. The largest absolute Gasteiger partial charge is 0.320 e. The van der Waals surface area contributed by atoms with Gasteiger partial charge in [-0.05, 0) is 18.2 Å². The number of nitrogens with one attached hydrogen (secondary N) is 1. The van der Waals surface area contributed by atoms with Crippen LogP contribution in [0.5, 0.6) is 0 Å². The van der Waals surface area contributed by atoms with E-state index in [2.05, 4.69) is 22.3 Å². The predicted molar refractivity (Wildman–Crippen MR) is 73.5 cm³/mol. The third-order valence-corrected chi connectivity index (χ3v) is 2.52. The maximum Gasteiger partial charge on any atom is 0.255 e. The van der Waals surface area contributed by atoms with E-state index in [1.807, 2.05) is 0 Å². The number of amides is 1. The lowest BCUT2D eigenvalue weighted by molar-refractivity contribution is 0.102. The Hall–Kier alpha value is -2.65. The number of nitrogens with two attached hydrogens (primary N) is 1. The molecule has 0 aliphatic heterocycles. The van der Waals surface area contributed by atoms with E-state index in [1.54, 1.807) is 17.9 Å². The van der Waals surface area contributed by atoms with Crippen LogP contribution in [-0.4, -0.2) is 22.2 Å². The molecule has 20 heavy (non-hydrogen) atoms. The Balaban J connectivity index is 2.16. The molecule has 2 aromatic rings. The van der Waals surface area contributed by atoms with Gasteiger partial charge in [0.25, 0.3) is 5.91 Å². The summed E-state index contributed by atoms with van der Waals surface area (Å²) in [6.07, 6.45) is 3.16. The number of aromatic nitrogens is 2. The lowest BCUT2D eigenvalue weighted by Crippen LogP contribution is -2.11. The van der Waals surface area contributed by atoms with Gasteiger partial charge in [-0.15, -0.1) is 0 Å². The van der Waals surface area contributed by atoms with Gasteiger partial charge in [-0.1, -0.05) is 11.8 Å². The van der Waals surface area contributed by atoms with Gasteiger partial charge in [0.2, 0.25) is 0 Å². The molecule has 1 aromatic carbocycles. The number of carbonyl (C=O) groups excluding carboxylic acids is 1. The molecule has 0 spiro atoms. The molecule has 0 aliphatic carbocycles. The van der Waals surface area contributed by atoms with Crippen LogP contribution in [0.15, 0.2) is 30.6 Å². The normalized spacial score (nSPS) is 9.75. The molecule has 1 amide bonds. The van der Waals surface area contributed by atoms with Crippen LogP contribution in [0.25, 0.3) is 0 Å². The highest BCUT2D eigenvalue weighted by molar-refractivity contribution is 6.04. The van der Waals surface area contributed by atoms with Crippen LogP contribution in [0.2, 0.25) is 0 Å². The van der Waals surface area contributed by atoms with E-state index in [-0.39, 0.29) is 17.7 Å². The summed E-state index contributed by atoms with van der Waals surface area (Å²) >= 11 is 0. The van der Waals surface area contributed by atoms with Gasteiger partial charge < -0.3 is 11.1 Å². The zero-order valence-electron chi connectivity index (χ0n) is 10.9. The van der Waals surface area contributed by atoms with Crippen molar-refractivity contribution in [2.45, 2.75) is 0 Å². The Morgan fingerprint density at radius 1 is 1.55 bits per heavy atom. The van der Waals surface area contributed by atoms with Crippen molar-refractivity contribution >= 4 is 11.6 Å². The average molecular weight is 272 g/mol. The Bertz CT molecular complexity index is 697. The first-order valence-corrected chi connectivity index (χ1v) is 5.88. The lowest BCUT2D eigenvalue weighted by atomic mass is 10.1. The Labute approximate surface area is 115 Å². The Kier molecular flexibility index (Phi) is 4.13. The van der Waals surface area contributed by atoms with Crippen molar-refractivity contribution in [3.63, 3.8) is 0 Å². The third kappa shape index (κ3) is 3.22. The zero-order valence-corrected chi connectivity index (χ0v) is 10.9. The molecular formula is C14H13FN4O. The highest BCUT2D eigenvalue weighted by Gasteiger charge is 2.10. The highest BCUT2D eigenvalue weighted by atomic mass is 19.1. The highest BCUT2D eigenvalue weighted by Crippen LogP contribution is 2.12. The quantitative estimate of drug-likeness (QED) is 0.805. The summed E-state index contributed by atoms with van der Waals surface area (Å²) in [7, 11) is 1.74. The van der Waals surface area contributed by atoms with Crippen molar-refractivity contribution in [2.75, 3.05) is 11.9 Å². The minimum Gasteiger partial charge on any atom is -0.320 e. The maximum atomic E-state index is 13.7. The van der Waals surface area contributed by atoms with Crippen molar-refractivity contribution in [3.05, 3.63) is 47.5 Å². The van der Waals surface area contributed by atoms with Gasteiger partial charge >= 0.3 is 0 Å². The first kappa shape index (κ1) is 13.8. The average Bonchev–Trinajstić information content (AvgIpc) is 2.82. The molecule has 102 valence electrons. The number of rotatable bonds is 2. The van der Waals surface area contributed by atoms with Crippen LogP contribution in [0.4, 0.5) is 10.1 Å². The molecule has 0 fully saturated rings. The fourth-order valence-corrected chi connectivity index (χ4v) is 1.59. The second kappa shape index (κ2) is 5.99. The fraction of sp³-hybridized carbons (Fsp3) is 0.143. The summed E-state index contributed by atoms with van der Waals surface area (Å²) in [4.78, 5) is 11.9. The summed E-state index contributed by atoms with van der Waals surface area (Å²) in [6.45, 7) is 0.155. The maximum absolute atomic E-state index is 13.7. The van der Waals surface area contributed by atoms with Gasteiger partial charge in [0.15, 0.2) is 0 Å². The predicted octanol–water partition coefficient (Wildman–Crippen LogP) is 1.12. The van der Waals surface area contributed by atoms with Crippen LogP contribution in [0.3, 0.4) is 0 Å². The van der Waals surface area contributed by atoms with Crippen LogP contribution in [0.1, 0.15) is 15.9 Å².